The number of hydrogen-bond donors (Lipinski definition) is 3. The molecule has 3 atom stereocenters. The van der Waals surface area contributed by atoms with Crippen LogP contribution in [0.4, 0.5) is 11.4 Å². The van der Waals surface area contributed by atoms with Crippen LogP contribution < -0.4 is 24.8 Å². The maximum atomic E-state index is 13.5. The summed E-state index contributed by atoms with van der Waals surface area (Å²) in [6, 6.07) is 5.89. The van der Waals surface area contributed by atoms with Gasteiger partial charge in [0.05, 0.1) is 14.2 Å². The van der Waals surface area contributed by atoms with Gasteiger partial charge in [-0.05, 0) is 18.6 Å². The molecule has 2 aromatic rings. The number of carbonyl (C=O) groups is 2. The Morgan fingerprint density at radius 3 is 2.52 bits per heavy atom. The van der Waals surface area contributed by atoms with Crippen molar-refractivity contribution in [3.05, 3.63) is 56.9 Å². The van der Waals surface area contributed by atoms with Crippen molar-refractivity contribution in [2.45, 2.75) is 18.9 Å². The Bertz CT molecular complexity index is 1200. The van der Waals surface area contributed by atoms with Crippen LogP contribution in [0.5, 0.6) is 17.2 Å². The minimum absolute atomic E-state index is 0.0478. The first-order valence-electron chi connectivity index (χ1n) is 9.87. The number of hydrogen-bond acceptors (Lipinski definition) is 8. The smallest absolute Gasteiger partial charge is 0.236 e. The topological polar surface area (TPSA) is 122 Å². The van der Waals surface area contributed by atoms with Gasteiger partial charge < -0.3 is 24.7 Å². The molecule has 2 aliphatic rings. The largest absolute Gasteiger partial charge is 0.595 e. The highest BCUT2D eigenvalue weighted by Crippen LogP contribution is 2.53. The summed E-state index contributed by atoms with van der Waals surface area (Å²) in [5.74, 6) is -1.17. The third-order valence-corrected chi connectivity index (χ3v) is 6.50. The average molecular weight is 495 g/mol. The Hall–Kier alpha value is -2.82. The molecule has 1 spiro atoms. The molecule has 11 heteroatoms. The van der Waals surface area contributed by atoms with Gasteiger partial charge >= 0.3 is 0 Å². The molecule has 2 aromatic carbocycles. The minimum Gasteiger partial charge on any atom is -0.595 e. The van der Waals surface area contributed by atoms with Gasteiger partial charge in [-0.15, -0.1) is 0 Å². The zero-order valence-electron chi connectivity index (χ0n) is 17.8. The summed E-state index contributed by atoms with van der Waals surface area (Å²) in [4.78, 5) is 26.8. The zero-order valence-corrected chi connectivity index (χ0v) is 19.3. The molecule has 9 nitrogen and oxygen atoms in total. The van der Waals surface area contributed by atoms with Crippen LogP contribution in [0.25, 0.3) is 0 Å². The lowest BCUT2D eigenvalue weighted by atomic mass is 9.74. The van der Waals surface area contributed by atoms with Crippen LogP contribution in [0.3, 0.4) is 0 Å². The molecule has 0 saturated heterocycles. The number of ketones is 2. The molecule has 1 aliphatic heterocycles. The number of ether oxygens (including phenoxy) is 3. The number of Topliss-reactive ketones (excluding diaryl/α,β-unsaturated/α-hetero) is 1. The number of nitrogens with one attached hydrogen (secondary N) is 2. The highest BCUT2D eigenvalue weighted by atomic mass is 35.5. The van der Waals surface area contributed by atoms with E-state index in [4.69, 9.17) is 37.4 Å². The number of anilines is 1. The van der Waals surface area contributed by atoms with E-state index in [-0.39, 0.29) is 45.0 Å². The minimum atomic E-state index is -1.79. The van der Waals surface area contributed by atoms with E-state index in [0.29, 0.717) is 11.4 Å². The number of halogens is 2. The summed E-state index contributed by atoms with van der Waals surface area (Å²) in [7, 11) is 2.81. The van der Waals surface area contributed by atoms with Gasteiger partial charge in [0.15, 0.2) is 11.4 Å². The summed E-state index contributed by atoms with van der Waals surface area (Å²) in [6.07, 6.45) is 1.56. The van der Waals surface area contributed by atoms with E-state index in [1.807, 2.05) is 0 Å². The fraction of sp³-hybridized carbons (Fsp3) is 0.273. The molecule has 0 radical (unpaired) electrons. The second kappa shape index (κ2) is 8.51. The van der Waals surface area contributed by atoms with Crippen LogP contribution in [0.1, 0.15) is 23.7 Å². The van der Waals surface area contributed by atoms with E-state index >= 15 is 0 Å². The zero-order chi connectivity index (χ0) is 24.1. The highest BCUT2D eigenvalue weighted by Gasteiger charge is 2.60. The molecule has 33 heavy (non-hydrogen) atoms. The lowest BCUT2D eigenvalue weighted by Crippen LogP contribution is -2.99. The van der Waals surface area contributed by atoms with Crippen molar-refractivity contribution in [1.29, 1.82) is 0 Å². The molecule has 0 aromatic heterocycles. The molecular weight excluding hydrogens is 475 g/mol. The lowest BCUT2D eigenvalue weighted by molar-refractivity contribution is -0.991. The van der Waals surface area contributed by atoms with E-state index in [2.05, 4.69) is 5.32 Å². The maximum absolute atomic E-state index is 13.5. The van der Waals surface area contributed by atoms with E-state index < -0.39 is 28.3 Å². The molecule has 0 saturated carbocycles. The van der Waals surface area contributed by atoms with Crippen LogP contribution in [-0.2, 0) is 4.79 Å². The van der Waals surface area contributed by atoms with Gasteiger partial charge in [-0.1, -0.05) is 30.1 Å². The molecule has 174 valence electrons. The summed E-state index contributed by atoms with van der Waals surface area (Å²) < 4.78 is 16.6. The molecule has 3 unspecified atom stereocenters. The predicted molar refractivity (Wildman–Crippen MR) is 120 cm³/mol. The van der Waals surface area contributed by atoms with Crippen LogP contribution in [0.15, 0.2) is 36.0 Å². The fourth-order valence-electron chi connectivity index (χ4n) is 4.17. The van der Waals surface area contributed by atoms with Gasteiger partial charge in [0.1, 0.15) is 27.1 Å². The average Bonchev–Trinajstić information content (AvgIpc) is 3.09. The molecule has 0 bridgehead atoms. The normalized spacial score (nSPS) is 22.5. The summed E-state index contributed by atoms with van der Waals surface area (Å²) >= 11 is 12.3. The van der Waals surface area contributed by atoms with E-state index in [1.54, 1.807) is 13.0 Å². The van der Waals surface area contributed by atoms with E-state index in [0.717, 1.165) is 0 Å². The third-order valence-electron chi connectivity index (χ3n) is 5.81. The van der Waals surface area contributed by atoms with Crippen molar-refractivity contribution in [3.8, 4) is 17.2 Å². The van der Waals surface area contributed by atoms with Crippen molar-refractivity contribution < 1.29 is 34.2 Å². The Balaban J connectivity index is 1.69. The number of methoxy groups -OCH3 is 2. The van der Waals surface area contributed by atoms with Gasteiger partial charge in [0.2, 0.25) is 17.2 Å². The van der Waals surface area contributed by atoms with Crippen molar-refractivity contribution in [2.75, 3.05) is 19.5 Å². The Morgan fingerprint density at radius 2 is 1.91 bits per heavy atom. The summed E-state index contributed by atoms with van der Waals surface area (Å²) in [6.45, 7) is 1.72. The summed E-state index contributed by atoms with van der Waals surface area (Å²) in [5, 5.41) is 22.7. The second-order valence-electron chi connectivity index (χ2n) is 7.73. The van der Waals surface area contributed by atoms with Gasteiger partial charge in [-0.2, -0.15) is 5.23 Å². The molecule has 1 aliphatic carbocycles. The van der Waals surface area contributed by atoms with Crippen molar-refractivity contribution in [1.82, 2.24) is 0 Å². The SMILES string of the molecule is COc1cc(OC)c2c(c1Cl)OC1(C(=O)C=C(Nc3ccc(Cl)c([NH+]([O-])O)c3)CC1C)C2=O. The van der Waals surface area contributed by atoms with Gasteiger partial charge in [0, 0.05) is 35.5 Å². The molecule has 3 N–H and O–H groups in total. The van der Waals surface area contributed by atoms with E-state index in [1.165, 1.54) is 38.5 Å². The standard InChI is InChI=1S/C22H20Cl2N2O7/c1-10-6-12(25-11-4-5-13(23)14(7-11)26(29)30)8-17(27)22(10)21(28)18-15(31-2)9-16(32-3)19(24)20(18)33-22/h4-5,7-10,25-26,29H,6H2,1-3H3. The van der Waals surface area contributed by atoms with Gasteiger partial charge in [-0.25, -0.2) is 5.21 Å². The van der Waals surface area contributed by atoms with Gasteiger partial charge in [-0.3, -0.25) is 9.59 Å². The van der Waals surface area contributed by atoms with E-state index in [9.17, 15) is 20.0 Å². The van der Waals surface area contributed by atoms with Gasteiger partial charge in [0.25, 0.3) is 0 Å². The summed E-state index contributed by atoms with van der Waals surface area (Å²) in [5.41, 5.74) is -0.829. The first-order valence-corrected chi connectivity index (χ1v) is 10.6. The second-order valence-corrected chi connectivity index (χ2v) is 8.51. The molecular formula is C22H20Cl2N2O7. The predicted octanol–water partition coefficient (Wildman–Crippen LogP) is 3.33. The van der Waals surface area contributed by atoms with Crippen molar-refractivity contribution in [3.63, 3.8) is 0 Å². The number of benzene rings is 2. The quantitative estimate of drug-likeness (QED) is 0.427. The van der Waals surface area contributed by atoms with Crippen LogP contribution >= 0.6 is 23.2 Å². The Kier molecular flexibility index (Phi) is 6.02. The first-order chi connectivity index (χ1) is 15.6. The molecule has 0 fully saturated rings. The van der Waals surface area contributed by atoms with Crippen molar-refractivity contribution in [2.24, 2.45) is 5.92 Å². The number of carbonyl (C=O) groups excluding carboxylic acids is 2. The Labute approximate surface area is 199 Å². The molecule has 4 rings (SSSR count). The number of quaternary nitrogens is 1. The third kappa shape index (κ3) is 3.62. The lowest BCUT2D eigenvalue weighted by Gasteiger charge is -2.35. The number of rotatable bonds is 5. The van der Waals surface area contributed by atoms with Crippen LogP contribution in [0.2, 0.25) is 10.0 Å². The highest BCUT2D eigenvalue weighted by molar-refractivity contribution is 6.36. The molecule has 1 heterocycles. The fourth-order valence-corrected chi connectivity index (χ4v) is 4.63. The number of allylic oxidation sites excluding steroid dienone is 1. The maximum Gasteiger partial charge on any atom is 0.236 e. The van der Waals surface area contributed by atoms with Crippen LogP contribution in [0, 0.1) is 11.1 Å². The van der Waals surface area contributed by atoms with Crippen LogP contribution in [-0.4, -0.2) is 36.6 Å². The Morgan fingerprint density at radius 1 is 1.21 bits per heavy atom. The monoisotopic (exact) mass is 494 g/mol. The first kappa shape index (κ1) is 23.3. The van der Waals surface area contributed by atoms with Crippen molar-refractivity contribution >= 4 is 46.1 Å². The number of fused-ring (bicyclic) bond motifs is 1. The molecule has 0 amide bonds.